The van der Waals surface area contributed by atoms with Gasteiger partial charge in [0.25, 0.3) is 0 Å². The van der Waals surface area contributed by atoms with E-state index in [4.69, 9.17) is 11.6 Å². The molecule has 1 aromatic carbocycles. The fourth-order valence-electron chi connectivity index (χ4n) is 2.32. The Labute approximate surface area is 132 Å². The highest BCUT2D eigenvalue weighted by molar-refractivity contribution is 7.22. The molecule has 1 N–H and O–H groups in total. The fraction of sp³-hybridized carbons (Fsp3) is 0.333. The molecule has 0 amide bonds. The summed E-state index contributed by atoms with van der Waals surface area (Å²) in [7, 11) is 0. The molecule has 21 heavy (non-hydrogen) atoms. The van der Waals surface area contributed by atoms with Crippen molar-refractivity contribution in [3.63, 3.8) is 0 Å². The number of nitrogens with one attached hydrogen (secondary N) is 1. The molecule has 0 fully saturated rings. The average Bonchev–Trinajstić information content (AvgIpc) is 2.99. The molecule has 3 rings (SSSR count). The maximum atomic E-state index is 6.16. The molecule has 2 aromatic heterocycles. The summed E-state index contributed by atoms with van der Waals surface area (Å²) in [5, 5.41) is 9.51. The first-order chi connectivity index (χ1) is 10.1. The van der Waals surface area contributed by atoms with E-state index in [1.807, 2.05) is 29.8 Å². The Bertz CT molecular complexity index is 762. The maximum Gasteiger partial charge on any atom is 0.183 e. The SMILES string of the molecule is Cc1cc(C)n(CCCNc2nc3cccc(Cl)c3s2)n1. The van der Waals surface area contributed by atoms with E-state index < -0.39 is 0 Å². The van der Waals surface area contributed by atoms with Gasteiger partial charge >= 0.3 is 0 Å². The lowest BCUT2D eigenvalue weighted by molar-refractivity contribution is 0.573. The van der Waals surface area contributed by atoms with Crippen molar-refractivity contribution < 1.29 is 0 Å². The summed E-state index contributed by atoms with van der Waals surface area (Å²) in [6, 6.07) is 7.91. The smallest absolute Gasteiger partial charge is 0.183 e. The monoisotopic (exact) mass is 320 g/mol. The van der Waals surface area contributed by atoms with Crippen molar-refractivity contribution >= 4 is 38.3 Å². The van der Waals surface area contributed by atoms with Crippen LogP contribution >= 0.6 is 22.9 Å². The predicted molar refractivity (Wildman–Crippen MR) is 89.4 cm³/mol. The molecule has 0 aliphatic rings. The molecule has 0 saturated carbocycles. The van der Waals surface area contributed by atoms with Crippen molar-refractivity contribution in [1.29, 1.82) is 0 Å². The van der Waals surface area contributed by atoms with Crippen LogP contribution in [0.25, 0.3) is 10.2 Å². The van der Waals surface area contributed by atoms with Crippen LogP contribution in [-0.4, -0.2) is 21.3 Å². The van der Waals surface area contributed by atoms with E-state index in [0.29, 0.717) is 0 Å². The number of aromatic nitrogens is 3. The Hall–Kier alpha value is -1.59. The van der Waals surface area contributed by atoms with E-state index in [-0.39, 0.29) is 0 Å². The Balaban J connectivity index is 1.57. The summed E-state index contributed by atoms with van der Waals surface area (Å²) in [5.74, 6) is 0. The standard InChI is InChI=1S/C15H17ClN4S/c1-10-9-11(2)20(19-10)8-4-7-17-15-18-13-6-3-5-12(16)14(13)21-15/h3,5-6,9H,4,7-8H2,1-2H3,(H,17,18). The topological polar surface area (TPSA) is 42.7 Å². The summed E-state index contributed by atoms with van der Waals surface area (Å²) < 4.78 is 3.09. The lowest BCUT2D eigenvalue weighted by Gasteiger charge is -2.05. The minimum atomic E-state index is 0.765. The van der Waals surface area contributed by atoms with Gasteiger partial charge in [0.05, 0.1) is 20.9 Å². The number of hydrogen-bond donors (Lipinski definition) is 1. The van der Waals surface area contributed by atoms with Crippen molar-refractivity contribution in [1.82, 2.24) is 14.8 Å². The van der Waals surface area contributed by atoms with Gasteiger partial charge in [0.2, 0.25) is 0 Å². The van der Waals surface area contributed by atoms with Crippen molar-refractivity contribution in [2.24, 2.45) is 0 Å². The Morgan fingerprint density at radius 3 is 2.90 bits per heavy atom. The van der Waals surface area contributed by atoms with Crippen molar-refractivity contribution in [2.45, 2.75) is 26.8 Å². The van der Waals surface area contributed by atoms with Crippen LogP contribution in [0.15, 0.2) is 24.3 Å². The van der Waals surface area contributed by atoms with Gasteiger partial charge in [-0.2, -0.15) is 5.10 Å². The summed E-state index contributed by atoms with van der Waals surface area (Å²) >= 11 is 7.76. The molecule has 6 heteroatoms. The van der Waals surface area contributed by atoms with Crippen LogP contribution in [0.4, 0.5) is 5.13 Å². The summed E-state index contributed by atoms with van der Waals surface area (Å²) in [6.45, 7) is 5.89. The molecule has 0 unspecified atom stereocenters. The van der Waals surface area contributed by atoms with E-state index in [1.54, 1.807) is 11.3 Å². The highest BCUT2D eigenvalue weighted by Crippen LogP contribution is 2.31. The number of halogens is 1. The highest BCUT2D eigenvalue weighted by atomic mass is 35.5. The molecule has 110 valence electrons. The second-order valence-corrected chi connectivity index (χ2v) is 6.44. The van der Waals surface area contributed by atoms with Crippen LogP contribution in [-0.2, 0) is 6.54 Å². The van der Waals surface area contributed by atoms with Crippen LogP contribution in [0.1, 0.15) is 17.8 Å². The third-order valence-electron chi connectivity index (χ3n) is 3.29. The molecule has 0 radical (unpaired) electrons. The first kappa shape index (κ1) is 14.4. The van der Waals surface area contributed by atoms with E-state index in [0.717, 1.165) is 45.6 Å². The molecule has 2 heterocycles. The van der Waals surface area contributed by atoms with E-state index in [2.05, 4.69) is 28.4 Å². The number of anilines is 1. The quantitative estimate of drug-likeness (QED) is 0.714. The molecule has 0 bridgehead atoms. The summed E-state index contributed by atoms with van der Waals surface area (Å²) in [5.41, 5.74) is 3.23. The Kier molecular flexibility index (Phi) is 4.12. The number of fused-ring (bicyclic) bond motifs is 1. The summed E-state index contributed by atoms with van der Waals surface area (Å²) in [4.78, 5) is 4.54. The van der Waals surface area contributed by atoms with E-state index in [9.17, 15) is 0 Å². The van der Waals surface area contributed by atoms with Gasteiger partial charge < -0.3 is 5.32 Å². The first-order valence-corrected chi connectivity index (χ1v) is 8.13. The second-order valence-electron chi connectivity index (χ2n) is 5.04. The van der Waals surface area contributed by atoms with Crippen LogP contribution in [0.2, 0.25) is 5.02 Å². The minimum Gasteiger partial charge on any atom is -0.361 e. The van der Waals surface area contributed by atoms with Crippen LogP contribution in [0.3, 0.4) is 0 Å². The number of benzene rings is 1. The van der Waals surface area contributed by atoms with Crippen LogP contribution < -0.4 is 5.32 Å². The Morgan fingerprint density at radius 2 is 2.19 bits per heavy atom. The number of nitrogens with zero attached hydrogens (tertiary/aromatic N) is 3. The van der Waals surface area contributed by atoms with Crippen molar-refractivity contribution in [3.05, 3.63) is 40.7 Å². The maximum absolute atomic E-state index is 6.16. The zero-order valence-electron chi connectivity index (χ0n) is 12.1. The van der Waals surface area contributed by atoms with Crippen molar-refractivity contribution in [2.75, 3.05) is 11.9 Å². The highest BCUT2D eigenvalue weighted by Gasteiger charge is 2.06. The minimum absolute atomic E-state index is 0.765. The van der Waals surface area contributed by atoms with Gasteiger partial charge in [0, 0.05) is 18.8 Å². The third-order valence-corrected chi connectivity index (χ3v) is 4.78. The van der Waals surface area contributed by atoms with Gasteiger partial charge in [-0.1, -0.05) is 29.0 Å². The van der Waals surface area contributed by atoms with E-state index in [1.165, 1.54) is 5.69 Å². The van der Waals surface area contributed by atoms with Crippen LogP contribution in [0, 0.1) is 13.8 Å². The zero-order valence-corrected chi connectivity index (χ0v) is 13.6. The lowest BCUT2D eigenvalue weighted by Crippen LogP contribution is -2.08. The molecular formula is C15H17ClN4S. The van der Waals surface area contributed by atoms with Gasteiger partial charge in [0.1, 0.15) is 0 Å². The molecule has 4 nitrogen and oxygen atoms in total. The predicted octanol–water partition coefficient (Wildman–Crippen LogP) is 4.27. The number of hydrogen-bond acceptors (Lipinski definition) is 4. The second kappa shape index (κ2) is 6.03. The lowest BCUT2D eigenvalue weighted by atomic mass is 10.3. The molecule has 3 aromatic rings. The van der Waals surface area contributed by atoms with Gasteiger partial charge in [-0.3, -0.25) is 4.68 Å². The zero-order chi connectivity index (χ0) is 14.8. The molecule has 0 aliphatic heterocycles. The normalized spacial score (nSPS) is 11.2. The molecule has 0 spiro atoms. The van der Waals surface area contributed by atoms with Gasteiger partial charge in [0.15, 0.2) is 5.13 Å². The van der Waals surface area contributed by atoms with Gasteiger partial charge in [-0.25, -0.2) is 4.98 Å². The van der Waals surface area contributed by atoms with Crippen LogP contribution in [0.5, 0.6) is 0 Å². The number of aryl methyl sites for hydroxylation is 3. The van der Waals surface area contributed by atoms with Gasteiger partial charge in [-0.05, 0) is 38.5 Å². The molecule has 0 atom stereocenters. The summed E-state index contributed by atoms with van der Waals surface area (Å²) in [6.07, 6.45) is 1.01. The first-order valence-electron chi connectivity index (χ1n) is 6.93. The average molecular weight is 321 g/mol. The molecule has 0 aliphatic carbocycles. The Morgan fingerprint density at radius 1 is 1.33 bits per heavy atom. The number of thiazole rings is 1. The largest absolute Gasteiger partial charge is 0.361 e. The van der Waals surface area contributed by atoms with Crippen molar-refractivity contribution in [3.8, 4) is 0 Å². The molecule has 0 saturated heterocycles. The van der Waals surface area contributed by atoms with Gasteiger partial charge in [-0.15, -0.1) is 0 Å². The fourth-order valence-corrected chi connectivity index (χ4v) is 3.50. The molecular weight excluding hydrogens is 304 g/mol. The van der Waals surface area contributed by atoms with E-state index >= 15 is 0 Å². The number of rotatable bonds is 5. The third kappa shape index (κ3) is 3.19.